The topological polar surface area (TPSA) is 82.6 Å². The van der Waals surface area contributed by atoms with E-state index < -0.39 is 5.97 Å². The Labute approximate surface area is 105 Å². The zero-order valence-corrected chi connectivity index (χ0v) is 10.2. The number of terminal acetylenes is 1. The van der Waals surface area contributed by atoms with E-state index in [9.17, 15) is 4.79 Å². The molecular formula is C13H17NO4. The molecular weight excluding hydrogens is 234 g/mol. The Kier molecular flexibility index (Phi) is 8.03. The van der Waals surface area contributed by atoms with E-state index in [0.717, 1.165) is 0 Å². The Morgan fingerprint density at radius 3 is 2.50 bits per heavy atom. The van der Waals surface area contributed by atoms with Crippen molar-refractivity contribution in [3.05, 3.63) is 22.3 Å². The second-order valence-corrected chi connectivity index (χ2v) is 3.05. The number of esters is 1. The Bertz CT molecular complexity index is 465. The number of aromatic amines is 1. The van der Waals surface area contributed by atoms with Gasteiger partial charge in [-0.2, -0.15) is 0 Å². The molecule has 1 rings (SSSR count). The standard InChI is InChI=1S/C11H15NO4.C2H2/c1-2-16-11(15)10-7-8(3-5-13)9(12-10)4-6-14;1-2/h3-4,7,12-14H,2,5-6H2,1H3;1-2H/b8-3-,9-4+;. The molecule has 0 aliphatic heterocycles. The third kappa shape index (κ3) is 4.45. The van der Waals surface area contributed by atoms with Crippen molar-refractivity contribution in [1.82, 2.24) is 4.98 Å². The van der Waals surface area contributed by atoms with Gasteiger partial charge in [-0.05, 0) is 30.4 Å². The van der Waals surface area contributed by atoms with E-state index in [1.165, 1.54) is 6.08 Å². The van der Waals surface area contributed by atoms with Crippen LogP contribution in [-0.2, 0) is 4.74 Å². The molecule has 3 N–H and O–H groups in total. The molecule has 0 atom stereocenters. The zero-order valence-electron chi connectivity index (χ0n) is 10.2. The molecule has 5 heteroatoms. The molecule has 98 valence electrons. The number of hydrogen-bond donors (Lipinski definition) is 3. The lowest BCUT2D eigenvalue weighted by molar-refractivity contribution is 0.0520. The average molecular weight is 251 g/mol. The smallest absolute Gasteiger partial charge is 0.354 e. The van der Waals surface area contributed by atoms with Gasteiger partial charge >= 0.3 is 5.97 Å². The number of nitrogens with one attached hydrogen (secondary N) is 1. The first-order valence-electron chi connectivity index (χ1n) is 5.34. The molecule has 1 aromatic rings. The van der Waals surface area contributed by atoms with E-state index >= 15 is 0 Å². The van der Waals surface area contributed by atoms with E-state index in [-0.39, 0.29) is 13.2 Å². The molecule has 0 aliphatic carbocycles. The summed E-state index contributed by atoms with van der Waals surface area (Å²) in [6.07, 6.45) is 11.1. The van der Waals surface area contributed by atoms with Gasteiger partial charge in [0.25, 0.3) is 0 Å². The van der Waals surface area contributed by atoms with E-state index in [0.29, 0.717) is 22.9 Å². The Morgan fingerprint density at radius 1 is 1.39 bits per heavy atom. The van der Waals surface area contributed by atoms with Crippen LogP contribution in [0.1, 0.15) is 17.4 Å². The second kappa shape index (κ2) is 9.05. The highest BCUT2D eigenvalue weighted by atomic mass is 16.5. The summed E-state index contributed by atoms with van der Waals surface area (Å²) < 4.78 is 4.83. The Morgan fingerprint density at radius 2 is 2.00 bits per heavy atom. The van der Waals surface area contributed by atoms with Gasteiger partial charge in [-0.25, -0.2) is 4.79 Å². The zero-order chi connectivity index (χ0) is 14.0. The van der Waals surface area contributed by atoms with Crippen molar-refractivity contribution in [2.45, 2.75) is 6.92 Å². The molecule has 1 heterocycles. The fourth-order valence-electron chi connectivity index (χ4n) is 1.33. The summed E-state index contributed by atoms with van der Waals surface area (Å²) in [5, 5.41) is 18.9. The van der Waals surface area contributed by atoms with Crippen LogP contribution in [0.15, 0.2) is 6.07 Å². The van der Waals surface area contributed by atoms with Crippen LogP contribution >= 0.6 is 0 Å². The quantitative estimate of drug-likeness (QED) is 0.473. The third-order valence-electron chi connectivity index (χ3n) is 1.98. The summed E-state index contributed by atoms with van der Waals surface area (Å²) in [5.74, 6) is -0.451. The fraction of sp³-hybridized carbons (Fsp3) is 0.308. The third-order valence-corrected chi connectivity index (χ3v) is 1.98. The normalized spacial score (nSPS) is 11.8. The van der Waals surface area contributed by atoms with Crippen molar-refractivity contribution in [3.63, 3.8) is 0 Å². The number of rotatable bonds is 4. The first-order chi connectivity index (χ1) is 8.72. The van der Waals surface area contributed by atoms with Crippen molar-refractivity contribution in [2.75, 3.05) is 19.8 Å². The summed E-state index contributed by atoms with van der Waals surface area (Å²) in [6, 6.07) is 1.58. The maximum Gasteiger partial charge on any atom is 0.354 e. The molecule has 1 aromatic heterocycles. The number of H-pyrrole nitrogens is 1. The van der Waals surface area contributed by atoms with Gasteiger partial charge in [0.2, 0.25) is 0 Å². The van der Waals surface area contributed by atoms with E-state index in [2.05, 4.69) is 17.8 Å². The Hall–Kier alpha value is -2.03. The number of hydrogen-bond acceptors (Lipinski definition) is 4. The molecule has 0 aromatic carbocycles. The van der Waals surface area contributed by atoms with E-state index in [1.54, 1.807) is 19.1 Å². The van der Waals surface area contributed by atoms with Crippen molar-refractivity contribution >= 4 is 18.1 Å². The first-order valence-corrected chi connectivity index (χ1v) is 5.34. The number of aliphatic hydroxyl groups excluding tert-OH is 2. The first kappa shape index (κ1) is 16.0. The molecule has 5 nitrogen and oxygen atoms in total. The monoisotopic (exact) mass is 251 g/mol. The molecule has 0 saturated carbocycles. The van der Waals surface area contributed by atoms with Crippen LogP contribution in [-0.4, -0.2) is 41.0 Å². The van der Waals surface area contributed by atoms with Gasteiger partial charge in [0.1, 0.15) is 5.69 Å². The molecule has 0 spiro atoms. The van der Waals surface area contributed by atoms with Crippen molar-refractivity contribution in [1.29, 1.82) is 0 Å². The highest BCUT2D eigenvalue weighted by Gasteiger charge is 2.07. The molecule has 0 fully saturated rings. The summed E-state index contributed by atoms with van der Waals surface area (Å²) >= 11 is 0. The minimum absolute atomic E-state index is 0.133. The minimum Gasteiger partial charge on any atom is -0.461 e. The van der Waals surface area contributed by atoms with Gasteiger partial charge in [0.15, 0.2) is 0 Å². The number of carbonyl (C=O) groups is 1. The number of ether oxygens (including phenoxy) is 1. The summed E-state index contributed by atoms with van der Waals surface area (Å²) in [7, 11) is 0. The lowest BCUT2D eigenvalue weighted by Gasteiger charge is -1.96. The average Bonchev–Trinajstić information content (AvgIpc) is 2.77. The maximum atomic E-state index is 11.4. The largest absolute Gasteiger partial charge is 0.461 e. The number of aliphatic hydroxyl groups is 2. The molecule has 0 bridgehead atoms. The van der Waals surface area contributed by atoms with Gasteiger partial charge in [0, 0.05) is 5.35 Å². The van der Waals surface area contributed by atoms with E-state index in [4.69, 9.17) is 14.9 Å². The molecule has 0 saturated heterocycles. The van der Waals surface area contributed by atoms with Gasteiger partial charge in [-0.3, -0.25) is 0 Å². The van der Waals surface area contributed by atoms with Gasteiger partial charge < -0.3 is 19.9 Å². The highest BCUT2D eigenvalue weighted by molar-refractivity contribution is 5.87. The fourth-order valence-corrected chi connectivity index (χ4v) is 1.33. The molecule has 0 aliphatic rings. The Balaban J connectivity index is 0.00000137. The second-order valence-electron chi connectivity index (χ2n) is 3.05. The van der Waals surface area contributed by atoms with Crippen molar-refractivity contribution < 1.29 is 19.7 Å². The predicted octanol–water partition coefficient (Wildman–Crippen LogP) is -1.01. The van der Waals surface area contributed by atoms with Crippen LogP contribution in [0.4, 0.5) is 0 Å². The highest BCUT2D eigenvalue weighted by Crippen LogP contribution is 1.91. The predicted molar refractivity (Wildman–Crippen MR) is 69.0 cm³/mol. The van der Waals surface area contributed by atoms with Crippen molar-refractivity contribution in [3.8, 4) is 12.8 Å². The number of aromatic nitrogens is 1. The van der Waals surface area contributed by atoms with Gasteiger partial charge in [0.05, 0.1) is 19.8 Å². The van der Waals surface area contributed by atoms with Gasteiger partial charge in [-0.15, -0.1) is 12.8 Å². The minimum atomic E-state index is -0.451. The maximum absolute atomic E-state index is 11.4. The molecule has 0 radical (unpaired) electrons. The summed E-state index contributed by atoms with van der Waals surface area (Å²) in [4.78, 5) is 14.2. The lowest BCUT2D eigenvalue weighted by Crippen LogP contribution is -2.23. The van der Waals surface area contributed by atoms with Crippen LogP contribution in [0, 0.1) is 12.8 Å². The summed E-state index contributed by atoms with van der Waals surface area (Å²) in [6.45, 7) is 1.75. The van der Waals surface area contributed by atoms with Gasteiger partial charge in [-0.1, -0.05) is 0 Å². The van der Waals surface area contributed by atoms with Crippen LogP contribution in [0.5, 0.6) is 0 Å². The number of carbonyl (C=O) groups excluding carboxylic acids is 1. The van der Waals surface area contributed by atoms with Crippen LogP contribution < -0.4 is 10.6 Å². The molecule has 18 heavy (non-hydrogen) atoms. The van der Waals surface area contributed by atoms with Crippen LogP contribution in [0.2, 0.25) is 0 Å². The van der Waals surface area contributed by atoms with E-state index in [1.807, 2.05) is 0 Å². The summed E-state index contributed by atoms with van der Waals surface area (Å²) in [5.41, 5.74) is 0.307. The molecule has 0 unspecified atom stereocenters. The van der Waals surface area contributed by atoms with Crippen LogP contribution in [0.3, 0.4) is 0 Å². The van der Waals surface area contributed by atoms with Crippen LogP contribution in [0.25, 0.3) is 12.2 Å². The SMILES string of the molecule is C#C.CCOC(=O)c1cc(=C/CO)/c(=C\CO)[nH]1. The molecule has 0 amide bonds. The van der Waals surface area contributed by atoms with Crippen molar-refractivity contribution in [2.24, 2.45) is 0 Å². The lowest BCUT2D eigenvalue weighted by atomic mass is 10.3.